The summed E-state index contributed by atoms with van der Waals surface area (Å²) in [6.45, 7) is 2.18. The van der Waals surface area contributed by atoms with Crippen molar-refractivity contribution in [3.63, 3.8) is 0 Å². The molecule has 1 atom stereocenters. The molecule has 4 heteroatoms. The monoisotopic (exact) mass is 202 g/mol. The fourth-order valence-electron chi connectivity index (χ4n) is 2.23. The van der Waals surface area contributed by atoms with Gasteiger partial charge in [-0.05, 0) is 31.5 Å². The van der Waals surface area contributed by atoms with Crippen LogP contribution in [0.25, 0.3) is 11.2 Å². The van der Waals surface area contributed by atoms with Crippen LogP contribution in [-0.4, -0.2) is 27.6 Å². The number of aromatic nitrogens is 3. The van der Waals surface area contributed by atoms with Crippen molar-refractivity contribution in [2.75, 3.05) is 13.1 Å². The summed E-state index contributed by atoms with van der Waals surface area (Å²) in [6, 6.07) is 4.59. The van der Waals surface area contributed by atoms with Gasteiger partial charge in [-0.25, -0.2) is 9.97 Å². The maximum atomic E-state index is 4.32. The van der Waals surface area contributed by atoms with Crippen molar-refractivity contribution < 1.29 is 0 Å². The van der Waals surface area contributed by atoms with Gasteiger partial charge in [-0.1, -0.05) is 0 Å². The summed E-state index contributed by atoms with van der Waals surface area (Å²) in [6.07, 6.45) is 6.17. The summed E-state index contributed by atoms with van der Waals surface area (Å²) in [5.41, 5.74) is 1.99. The third-order valence-corrected chi connectivity index (χ3v) is 3.01. The number of nitrogens with one attached hydrogen (secondary N) is 1. The molecule has 2 aromatic heterocycles. The van der Waals surface area contributed by atoms with Gasteiger partial charge in [0.25, 0.3) is 0 Å². The molecule has 0 saturated carbocycles. The smallest absolute Gasteiger partial charge is 0.177 e. The lowest BCUT2D eigenvalue weighted by atomic mass is 10.1. The van der Waals surface area contributed by atoms with Crippen molar-refractivity contribution >= 4 is 11.2 Å². The molecule has 1 unspecified atom stereocenters. The van der Waals surface area contributed by atoms with Crippen LogP contribution in [0, 0.1) is 0 Å². The highest BCUT2D eigenvalue weighted by molar-refractivity contribution is 5.70. The van der Waals surface area contributed by atoms with E-state index in [1.807, 2.05) is 12.4 Å². The average Bonchev–Trinajstić information content (AvgIpc) is 2.74. The normalized spacial score (nSPS) is 22.0. The van der Waals surface area contributed by atoms with Crippen molar-refractivity contribution in [3.8, 4) is 0 Å². The minimum absolute atomic E-state index is 0.535. The van der Waals surface area contributed by atoms with Gasteiger partial charge in [0, 0.05) is 18.8 Å². The molecule has 1 saturated heterocycles. The lowest BCUT2D eigenvalue weighted by Crippen LogP contribution is -2.31. The highest BCUT2D eigenvalue weighted by Crippen LogP contribution is 2.21. The molecule has 1 N–H and O–H groups in total. The minimum atomic E-state index is 0.535. The second kappa shape index (κ2) is 3.62. The Morgan fingerprint density at radius 1 is 1.40 bits per heavy atom. The average molecular weight is 202 g/mol. The molecule has 15 heavy (non-hydrogen) atoms. The van der Waals surface area contributed by atoms with E-state index in [9.17, 15) is 0 Å². The Bertz CT molecular complexity index is 456. The molecule has 0 bridgehead atoms. The Labute approximate surface area is 88.3 Å². The summed E-state index contributed by atoms with van der Waals surface area (Å²) in [4.78, 5) is 8.56. The van der Waals surface area contributed by atoms with Crippen LogP contribution in [0.2, 0.25) is 0 Å². The number of hydrogen-bond acceptors (Lipinski definition) is 3. The summed E-state index contributed by atoms with van der Waals surface area (Å²) in [5.74, 6) is 0. The first-order chi connectivity index (χ1) is 7.45. The zero-order valence-corrected chi connectivity index (χ0v) is 8.56. The Morgan fingerprint density at radius 3 is 3.27 bits per heavy atom. The molecule has 0 spiro atoms. The van der Waals surface area contributed by atoms with E-state index < -0.39 is 0 Å². The predicted octanol–water partition coefficient (Wildman–Crippen LogP) is 1.36. The second-order valence-electron chi connectivity index (χ2n) is 4.00. The Morgan fingerprint density at radius 2 is 2.40 bits per heavy atom. The number of hydrogen-bond donors (Lipinski definition) is 1. The molecule has 1 aliphatic rings. The number of nitrogens with zero attached hydrogens (tertiary/aromatic N) is 3. The molecule has 1 aliphatic heterocycles. The predicted molar refractivity (Wildman–Crippen MR) is 58.7 cm³/mol. The van der Waals surface area contributed by atoms with Crippen LogP contribution < -0.4 is 5.32 Å². The molecule has 0 radical (unpaired) electrons. The maximum absolute atomic E-state index is 4.32. The topological polar surface area (TPSA) is 42.7 Å². The number of fused-ring (bicyclic) bond motifs is 1. The SMILES string of the molecule is c1cnc2ncn(C3CCCNC3)c2c1. The molecule has 3 rings (SSSR count). The number of piperidine rings is 1. The standard InChI is InChI=1S/C11H14N4/c1-3-9(7-12-5-1)15-8-14-11-10(15)4-2-6-13-11/h2,4,6,8-9,12H,1,3,5,7H2. The van der Waals surface area contributed by atoms with Crippen LogP contribution >= 0.6 is 0 Å². The van der Waals surface area contributed by atoms with Crippen molar-refractivity contribution in [2.24, 2.45) is 0 Å². The van der Waals surface area contributed by atoms with Gasteiger partial charge in [0.2, 0.25) is 0 Å². The molecule has 1 fully saturated rings. The van der Waals surface area contributed by atoms with E-state index in [4.69, 9.17) is 0 Å². The van der Waals surface area contributed by atoms with Gasteiger partial charge in [0.1, 0.15) is 0 Å². The zero-order chi connectivity index (χ0) is 10.1. The molecule has 78 valence electrons. The first-order valence-corrected chi connectivity index (χ1v) is 5.43. The van der Waals surface area contributed by atoms with E-state index >= 15 is 0 Å². The van der Waals surface area contributed by atoms with Gasteiger partial charge < -0.3 is 9.88 Å². The fraction of sp³-hybridized carbons (Fsp3) is 0.455. The van der Waals surface area contributed by atoms with Crippen molar-refractivity contribution in [2.45, 2.75) is 18.9 Å². The quantitative estimate of drug-likeness (QED) is 0.759. The lowest BCUT2D eigenvalue weighted by molar-refractivity contribution is 0.378. The first kappa shape index (κ1) is 8.85. The van der Waals surface area contributed by atoms with Crippen LogP contribution in [0.5, 0.6) is 0 Å². The summed E-state index contributed by atoms with van der Waals surface area (Å²) in [7, 11) is 0. The number of pyridine rings is 1. The third-order valence-electron chi connectivity index (χ3n) is 3.01. The Balaban J connectivity index is 2.02. The van der Waals surface area contributed by atoms with Crippen molar-refractivity contribution in [1.82, 2.24) is 19.9 Å². The van der Waals surface area contributed by atoms with Crippen LogP contribution in [0.3, 0.4) is 0 Å². The fourth-order valence-corrected chi connectivity index (χ4v) is 2.23. The molecule has 4 nitrogen and oxygen atoms in total. The molecule has 0 amide bonds. The third kappa shape index (κ3) is 1.51. The molecular formula is C11H14N4. The largest absolute Gasteiger partial charge is 0.325 e. The molecule has 3 heterocycles. The second-order valence-corrected chi connectivity index (χ2v) is 4.00. The van der Waals surface area contributed by atoms with Gasteiger partial charge in [-0.15, -0.1) is 0 Å². The van der Waals surface area contributed by atoms with Crippen LogP contribution in [0.1, 0.15) is 18.9 Å². The molecule has 2 aromatic rings. The zero-order valence-electron chi connectivity index (χ0n) is 8.56. The van der Waals surface area contributed by atoms with E-state index in [0.717, 1.165) is 24.3 Å². The van der Waals surface area contributed by atoms with E-state index in [-0.39, 0.29) is 0 Å². The van der Waals surface area contributed by atoms with Crippen LogP contribution in [0.4, 0.5) is 0 Å². The van der Waals surface area contributed by atoms with E-state index in [0.29, 0.717) is 6.04 Å². The van der Waals surface area contributed by atoms with Crippen LogP contribution in [0.15, 0.2) is 24.7 Å². The van der Waals surface area contributed by atoms with Gasteiger partial charge in [-0.2, -0.15) is 0 Å². The molecule has 0 aromatic carbocycles. The van der Waals surface area contributed by atoms with E-state index in [1.165, 1.54) is 12.8 Å². The first-order valence-electron chi connectivity index (χ1n) is 5.43. The van der Waals surface area contributed by atoms with Crippen molar-refractivity contribution in [3.05, 3.63) is 24.7 Å². The maximum Gasteiger partial charge on any atom is 0.177 e. The van der Waals surface area contributed by atoms with Crippen LogP contribution in [-0.2, 0) is 0 Å². The number of rotatable bonds is 1. The Kier molecular flexibility index (Phi) is 2.14. The highest BCUT2D eigenvalue weighted by Gasteiger charge is 2.16. The summed E-state index contributed by atoms with van der Waals surface area (Å²) >= 11 is 0. The molecule has 0 aliphatic carbocycles. The summed E-state index contributed by atoms with van der Waals surface area (Å²) in [5, 5.41) is 3.42. The minimum Gasteiger partial charge on any atom is -0.325 e. The molecular weight excluding hydrogens is 188 g/mol. The van der Waals surface area contributed by atoms with Gasteiger partial charge in [0.05, 0.1) is 11.8 Å². The van der Waals surface area contributed by atoms with Gasteiger partial charge >= 0.3 is 0 Å². The lowest BCUT2D eigenvalue weighted by Gasteiger charge is -2.24. The number of imidazole rings is 1. The van der Waals surface area contributed by atoms with Gasteiger partial charge in [0.15, 0.2) is 5.65 Å². The Hall–Kier alpha value is -1.42. The van der Waals surface area contributed by atoms with Gasteiger partial charge in [-0.3, -0.25) is 0 Å². The van der Waals surface area contributed by atoms with Crippen molar-refractivity contribution in [1.29, 1.82) is 0 Å². The van der Waals surface area contributed by atoms with E-state index in [2.05, 4.69) is 25.9 Å². The summed E-state index contributed by atoms with van der Waals surface area (Å²) < 4.78 is 2.24. The van der Waals surface area contributed by atoms with E-state index in [1.54, 1.807) is 6.20 Å². The highest BCUT2D eigenvalue weighted by atomic mass is 15.1.